The van der Waals surface area contributed by atoms with Gasteiger partial charge in [0.2, 0.25) is 11.8 Å². The molecule has 1 fully saturated rings. The molecule has 0 saturated heterocycles. The summed E-state index contributed by atoms with van der Waals surface area (Å²) in [5, 5.41) is 2.99. The number of rotatable bonds is 8. The lowest BCUT2D eigenvalue weighted by Gasteiger charge is -2.31. The van der Waals surface area contributed by atoms with Gasteiger partial charge in [0.1, 0.15) is 12.4 Å². The number of para-hydroxylation sites is 2. The smallest absolute Gasteiger partial charge is 0.243 e. The summed E-state index contributed by atoms with van der Waals surface area (Å²) in [6, 6.07) is 8.17. The van der Waals surface area contributed by atoms with Crippen LogP contribution in [-0.4, -0.2) is 44.9 Å². The van der Waals surface area contributed by atoms with Gasteiger partial charge in [-0.1, -0.05) is 12.1 Å². The molecule has 146 valence electrons. The van der Waals surface area contributed by atoms with E-state index in [2.05, 4.69) is 5.32 Å². The average molecular weight is 370 g/mol. The zero-order chi connectivity index (χ0) is 19.6. The van der Waals surface area contributed by atoms with Crippen LogP contribution in [0.25, 0.3) is 11.0 Å². The van der Waals surface area contributed by atoms with E-state index in [1.165, 1.54) is 0 Å². The molecule has 2 aromatic rings. The highest BCUT2D eigenvalue weighted by Gasteiger charge is 2.29. The largest absolute Gasteiger partial charge is 0.355 e. The molecule has 1 aromatic heterocycles. The predicted octanol–water partition coefficient (Wildman–Crippen LogP) is 2.75. The fourth-order valence-corrected chi connectivity index (χ4v) is 3.67. The number of benzene rings is 1. The summed E-state index contributed by atoms with van der Waals surface area (Å²) in [4.78, 5) is 31.5. The summed E-state index contributed by atoms with van der Waals surface area (Å²) in [5.41, 5.74) is 1.84. The summed E-state index contributed by atoms with van der Waals surface area (Å²) in [5.74, 6) is 1.27. The van der Waals surface area contributed by atoms with Gasteiger partial charge in [0, 0.05) is 31.0 Å². The Morgan fingerprint density at radius 1 is 1.19 bits per heavy atom. The Morgan fingerprint density at radius 2 is 1.85 bits per heavy atom. The van der Waals surface area contributed by atoms with Gasteiger partial charge in [-0.25, -0.2) is 4.98 Å². The third-order valence-electron chi connectivity index (χ3n) is 5.02. The van der Waals surface area contributed by atoms with Crippen molar-refractivity contribution >= 4 is 22.8 Å². The molecule has 1 N–H and O–H groups in total. The van der Waals surface area contributed by atoms with Crippen LogP contribution in [0.5, 0.6) is 0 Å². The molecule has 0 unspecified atom stereocenters. The van der Waals surface area contributed by atoms with E-state index in [1.54, 1.807) is 0 Å². The number of aromatic nitrogens is 2. The van der Waals surface area contributed by atoms with Gasteiger partial charge in [0.15, 0.2) is 0 Å². The van der Waals surface area contributed by atoms with E-state index < -0.39 is 0 Å². The maximum Gasteiger partial charge on any atom is 0.243 e. The van der Waals surface area contributed by atoms with E-state index in [0.29, 0.717) is 13.0 Å². The summed E-state index contributed by atoms with van der Waals surface area (Å²) in [6.07, 6.45) is 2.61. The summed E-state index contributed by atoms with van der Waals surface area (Å²) in [7, 11) is 0. The van der Waals surface area contributed by atoms with Crippen molar-refractivity contribution in [2.24, 2.45) is 5.92 Å². The van der Waals surface area contributed by atoms with Crippen molar-refractivity contribution in [2.75, 3.05) is 6.54 Å². The molecule has 0 atom stereocenters. The predicted molar refractivity (Wildman–Crippen MR) is 106 cm³/mol. The van der Waals surface area contributed by atoms with Crippen molar-refractivity contribution in [1.82, 2.24) is 19.8 Å². The van der Waals surface area contributed by atoms with Gasteiger partial charge in [-0.2, -0.15) is 0 Å². The molecule has 6 heteroatoms. The lowest BCUT2D eigenvalue weighted by molar-refractivity contribution is -0.135. The number of nitrogens with one attached hydrogen (secondary N) is 1. The number of hydrogen-bond donors (Lipinski definition) is 1. The van der Waals surface area contributed by atoms with Crippen molar-refractivity contribution in [3.8, 4) is 0 Å². The standard InChI is InChI=1S/C21H30N4O2/c1-14(2)25(15(3)4)20(26)13-24-18-8-6-5-7-17(18)23-19(24)11-12-22-21(27)16-9-10-16/h5-8,14-16H,9-13H2,1-4H3,(H,22,27). The van der Waals surface area contributed by atoms with E-state index in [1.807, 2.05) is 61.4 Å². The molecule has 2 amide bonds. The number of carbonyl (C=O) groups is 2. The summed E-state index contributed by atoms with van der Waals surface area (Å²) >= 11 is 0. The maximum atomic E-state index is 13.0. The van der Waals surface area contributed by atoms with E-state index in [9.17, 15) is 9.59 Å². The fraction of sp³-hybridized carbons (Fsp3) is 0.571. The van der Waals surface area contributed by atoms with Crippen LogP contribution < -0.4 is 5.32 Å². The highest BCUT2D eigenvalue weighted by Crippen LogP contribution is 2.28. The maximum absolute atomic E-state index is 13.0. The van der Waals surface area contributed by atoms with Crippen molar-refractivity contribution in [2.45, 2.75) is 65.6 Å². The van der Waals surface area contributed by atoms with Crippen molar-refractivity contribution in [3.63, 3.8) is 0 Å². The molecule has 1 heterocycles. The quantitative estimate of drug-likeness (QED) is 0.777. The van der Waals surface area contributed by atoms with E-state index in [-0.39, 0.29) is 36.4 Å². The zero-order valence-electron chi connectivity index (χ0n) is 16.7. The van der Waals surface area contributed by atoms with Gasteiger partial charge in [0.05, 0.1) is 11.0 Å². The van der Waals surface area contributed by atoms with Crippen LogP contribution in [0.1, 0.15) is 46.4 Å². The van der Waals surface area contributed by atoms with Gasteiger partial charge in [-0.3, -0.25) is 9.59 Å². The molecule has 0 radical (unpaired) electrons. The topological polar surface area (TPSA) is 67.2 Å². The minimum Gasteiger partial charge on any atom is -0.355 e. The third kappa shape index (κ3) is 4.49. The zero-order valence-corrected chi connectivity index (χ0v) is 16.7. The molecule has 27 heavy (non-hydrogen) atoms. The second-order valence-electron chi connectivity index (χ2n) is 7.91. The first-order valence-electron chi connectivity index (χ1n) is 9.91. The number of imidazole rings is 1. The minimum atomic E-state index is 0.0893. The Balaban J connectivity index is 1.79. The second kappa shape index (κ2) is 8.11. The SMILES string of the molecule is CC(C)N(C(=O)Cn1c(CCNC(=O)C2CC2)nc2ccccc21)C(C)C. The Bertz CT molecular complexity index is 813. The Morgan fingerprint density at radius 3 is 2.48 bits per heavy atom. The fourth-order valence-electron chi connectivity index (χ4n) is 3.67. The molecule has 0 spiro atoms. The lowest BCUT2D eigenvalue weighted by Crippen LogP contribution is -2.43. The van der Waals surface area contributed by atoms with Gasteiger partial charge in [0.25, 0.3) is 0 Å². The van der Waals surface area contributed by atoms with Crippen LogP contribution >= 0.6 is 0 Å². The van der Waals surface area contributed by atoms with Crippen LogP contribution in [0.2, 0.25) is 0 Å². The highest BCUT2D eigenvalue weighted by atomic mass is 16.2. The van der Waals surface area contributed by atoms with Gasteiger partial charge >= 0.3 is 0 Å². The van der Waals surface area contributed by atoms with E-state index in [0.717, 1.165) is 29.7 Å². The molecule has 1 aliphatic rings. The summed E-state index contributed by atoms with van der Waals surface area (Å²) < 4.78 is 2.00. The minimum absolute atomic E-state index is 0.0893. The lowest BCUT2D eigenvalue weighted by atomic mass is 10.2. The van der Waals surface area contributed by atoms with Crippen molar-refractivity contribution in [3.05, 3.63) is 30.1 Å². The normalized spacial score (nSPS) is 14.1. The molecular formula is C21H30N4O2. The Hall–Kier alpha value is -2.37. The van der Waals surface area contributed by atoms with Crippen LogP contribution in [0.4, 0.5) is 0 Å². The van der Waals surface area contributed by atoms with Gasteiger partial charge in [-0.05, 0) is 52.7 Å². The van der Waals surface area contributed by atoms with Crippen LogP contribution in [0.15, 0.2) is 24.3 Å². The summed E-state index contributed by atoms with van der Waals surface area (Å²) in [6.45, 7) is 8.97. The number of hydrogen-bond acceptors (Lipinski definition) is 3. The van der Waals surface area contributed by atoms with Gasteiger partial charge < -0.3 is 14.8 Å². The first kappa shape index (κ1) is 19.4. The van der Waals surface area contributed by atoms with Gasteiger partial charge in [-0.15, -0.1) is 0 Å². The number of carbonyl (C=O) groups excluding carboxylic acids is 2. The van der Waals surface area contributed by atoms with Crippen molar-refractivity contribution in [1.29, 1.82) is 0 Å². The molecular weight excluding hydrogens is 340 g/mol. The van der Waals surface area contributed by atoms with Crippen LogP contribution in [-0.2, 0) is 22.6 Å². The monoisotopic (exact) mass is 370 g/mol. The molecule has 1 aliphatic carbocycles. The first-order valence-corrected chi connectivity index (χ1v) is 9.91. The Labute approximate surface area is 160 Å². The first-order chi connectivity index (χ1) is 12.9. The number of amides is 2. The average Bonchev–Trinajstić information content (AvgIpc) is 3.39. The van der Waals surface area contributed by atoms with Crippen molar-refractivity contribution < 1.29 is 9.59 Å². The van der Waals surface area contributed by atoms with E-state index >= 15 is 0 Å². The second-order valence-corrected chi connectivity index (χ2v) is 7.91. The third-order valence-corrected chi connectivity index (χ3v) is 5.02. The number of fused-ring (bicyclic) bond motifs is 1. The molecule has 1 aromatic carbocycles. The number of nitrogens with zero attached hydrogens (tertiary/aromatic N) is 3. The molecule has 1 saturated carbocycles. The van der Waals surface area contributed by atoms with Crippen LogP contribution in [0, 0.1) is 5.92 Å². The Kier molecular flexibility index (Phi) is 5.82. The highest BCUT2D eigenvalue weighted by molar-refractivity contribution is 5.82. The molecule has 3 rings (SSSR count). The molecule has 6 nitrogen and oxygen atoms in total. The van der Waals surface area contributed by atoms with Crippen LogP contribution in [0.3, 0.4) is 0 Å². The van der Waals surface area contributed by atoms with E-state index in [4.69, 9.17) is 4.98 Å². The molecule has 0 aliphatic heterocycles. The molecule has 0 bridgehead atoms.